The van der Waals surface area contributed by atoms with Gasteiger partial charge in [-0.25, -0.2) is 9.78 Å². The maximum atomic E-state index is 11.7. The molecule has 2 aromatic carbocycles. The van der Waals surface area contributed by atoms with Gasteiger partial charge in [-0.2, -0.15) is 0 Å². The second kappa shape index (κ2) is 9.47. The van der Waals surface area contributed by atoms with Gasteiger partial charge in [-0.05, 0) is 67.2 Å². The molecule has 0 amide bonds. The summed E-state index contributed by atoms with van der Waals surface area (Å²) in [5.74, 6) is -0.126. The lowest BCUT2D eigenvalue weighted by molar-refractivity contribution is -0.131. The highest BCUT2D eigenvalue weighted by atomic mass is 35.5. The van der Waals surface area contributed by atoms with Crippen LogP contribution in [0.4, 0.5) is 0 Å². The van der Waals surface area contributed by atoms with Crippen molar-refractivity contribution in [1.82, 2.24) is 15.2 Å². The summed E-state index contributed by atoms with van der Waals surface area (Å²) >= 11 is 8.31. The van der Waals surface area contributed by atoms with Gasteiger partial charge >= 0.3 is 5.97 Å². The number of nitrogens with one attached hydrogen (secondary N) is 1. The highest BCUT2D eigenvalue weighted by Crippen LogP contribution is 2.32. The van der Waals surface area contributed by atoms with E-state index >= 15 is 0 Å². The molecular formula is C22H16ClN3O3S2. The molecule has 0 aliphatic carbocycles. The summed E-state index contributed by atoms with van der Waals surface area (Å²) in [5.41, 5.74) is 1.98. The standard InChI is InChI=1S/C22H16ClN3O3S2/c1-13-2-9-17(10-3-13)30-19-11-8-16(29-19)12-18(21(27)28)31-22-24-20(25-26-22)14-4-6-15(23)7-5-14/h2-12H,1H3,(H,27,28)(H,24,25,26)/b18-12-. The SMILES string of the molecule is Cc1ccc(Sc2ccc(/C=C(\Sc3n[nH]c(-c4ccc(Cl)cc4)n3)C(=O)O)o2)cc1. The zero-order valence-electron chi connectivity index (χ0n) is 16.2. The van der Waals surface area contributed by atoms with Crippen LogP contribution in [0.5, 0.6) is 0 Å². The first-order chi connectivity index (χ1) is 15.0. The van der Waals surface area contributed by atoms with E-state index in [-0.39, 0.29) is 4.91 Å². The summed E-state index contributed by atoms with van der Waals surface area (Å²) in [5, 5.41) is 18.1. The minimum atomic E-state index is -1.09. The van der Waals surface area contributed by atoms with Crippen molar-refractivity contribution in [3.63, 3.8) is 0 Å². The number of aromatic nitrogens is 3. The Morgan fingerprint density at radius 3 is 2.55 bits per heavy atom. The molecule has 0 saturated carbocycles. The molecule has 2 N–H and O–H groups in total. The molecule has 31 heavy (non-hydrogen) atoms. The molecule has 6 nitrogen and oxygen atoms in total. The largest absolute Gasteiger partial charge is 0.477 e. The summed E-state index contributed by atoms with van der Waals surface area (Å²) in [6, 6.07) is 18.7. The lowest BCUT2D eigenvalue weighted by Gasteiger charge is -1.99. The van der Waals surface area contributed by atoms with Gasteiger partial charge < -0.3 is 9.52 Å². The van der Waals surface area contributed by atoms with Gasteiger partial charge in [-0.15, -0.1) is 5.10 Å². The molecule has 0 fully saturated rings. The normalized spacial score (nSPS) is 11.6. The zero-order chi connectivity index (χ0) is 21.8. The van der Waals surface area contributed by atoms with E-state index in [0.29, 0.717) is 26.9 Å². The molecule has 0 radical (unpaired) electrons. The van der Waals surface area contributed by atoms with Crippen LogP contribution in [0.3, 0.4) is 0 Å². The number of furan rings is 1. The van der Waals surface area contributed by atoms with E-state index in [4.69, 9.17) is 16.0 Å². The van der Waals surface area contributed by atoms with Crippen LogP contribution in [-0.4, -0.2) is 26.3 Å². The van der Waals surface area contributed by atoms with Gasteiger partial charge in [0.25, 0.3) is 0 Å². The number of benzene rings is 2. The third kappa shape index (κ3) is 5.61. The molecule has 0 aliphatic heterocycles. The first kappa shape index (κ1) is 21.3. The average molecular weight is 470 g/mol. The second-order valence-electron chi connectivity index (χ2n) is 6.46. The Morgan fingerprint density at radius 2 is 1.84 bits per heavy atom. The number of nitrogens with zero attached hydrogens (tertiary/aromatic N) is 2. The van der Waals surface area contributed by atoms with Crippen LogP contribution in [-0.2, 0) is 4.79 Å². The first-order valence-electron chi connectivity index (χ1n) is 9.12. The molecule has 0 unspecified atom stereocenters. The maximum Gasteiger partial charge on any atom is 0.342 e. The van der Waals surface area contributed by atoms with E-state index in [1.54, 1.807) is 30.3 Å². The topological polar surface area (TPSA) is 92.0 Å². The predicted octanol–water partition coefficient (Wildman–Crippen LogP) is 6.40. The lowest BCUT2D eigenvalue weighted by Crippen LogP contribution is -1.97. The first-order valence-corrected chi connectivity index (χ1v) is 11.1. The molecule has 156 valence electrons. The summed E-state index contributed by atoms with van der Waals surface area (Å²) in [6.07, 6.45) is 1.46. The number of aryl methyl sites for hydroxylation is 1. The van der Waals surface area contributed by atoms with Crippen LogP contribution >= 0.6 is 35.1 Å². The maximum absolute atomic E-state index is 11.7. The number of hydrogen-bond donors (Lipinski definition) is 2. The van der Waals surface area contributed by atoms with E-state index in [1.807, 2.05) is 37.3 Å². The fraction of sp³-hybridized carbons (Fsp3) is 0.0455. The molecule has 2 aromatic heterocycles. The van der Waals surface area contributed by atoms with Crippen LogP contribution in [0.15, 0.2) is 85.1 Å². The highest BCUT2D eigenvalue weighted by Gasteiger charge is 2.15. The van der Waals surface area contributed by atoms with Crippen molar-refractivity contribution in [2.45, 2.75) is 22.1 Å². The molecule has 0 spiro atoms. The van der Waals surface area contributed by atoms with Gasteiger partial charge in [0.1, 0.15) is 10.7 Å². The molecule has 0 atom stereocenters. The summed E-state index contributed by atoms with van der Waals surface area (Å²) in [6.45, 7) is 2.03. The predicted molar refractivity (Wildman–Crippen MR) is 122 cm³/mol. The third-order valence-electron chi connectivity index (χ3n) is 4.11. The zero-order valence-corrected chi connectivity index (χ0v) is 18.6. The van der Waals surface area contributed by atoms with Crippen molar-refractivity contribution in [2.24, 2.45) is 0 Å². The number of hydrogen-bond acceptors (Lipinski definition) is 6. The lowest BCUT2D eigenvalue weighted by atomic mass is 10.2. The van der Waals surface area contributed by atoms with Crippen LogP contribution in [0.2, 0.25) is 5.02 Å². The highest BCUT2D eigenvalue weighted by molar-refractivity contribution is 8.04. The Bertz CT molecular complexity index is 1230. The van der Waals surface area contributed by atoms with Crippen molar-refractivity contribution >= 4 is 47.2 Å². The van der Waals surface area contributed by atoms with E-state index in [0.717, 1.165) is 22.2 Å². The Hall–Kier alpha value is -2.94. The molecule has 0 bridgehead atoms. The Kier molecular flexibility index (Phi) is 6.50. The number of carboxylic acid groups (broad SMARTS) is 1. The van der Waals surface area contributed by atoms with Crippen LogP contribution in [0, 0.1) is 6.92 Å². The van der Waals surface area contributed by atoms with Crippen molar-refractivity contribution in [3.05, 3.63) is 81.9 Å². The smallest absolute Gasteiger partial charge is 0.342 e. The minimum Gasteiger partial charge on any atom is -0.477 e. The fourth-order valence-corrected chi connectivity index (χ4v) is 4.17. The van der Waals surface area contributed by atoms with Crippen LogP contribution < -0.4 is 0 Å². The van der Waals surface area contributed by atoms with Crippen LogP contribution in [0.25, 0.3) is 17.5 Å². The van der Waals surface area contributed by atoms with E-state index in [1.165, 1.54) is 23.4 Å². The molecule has 0 aliphatic rings. The van der Waals surface area contributed by atoms with Crippen molar-refractivity contribution in [2.75, 3.05) is 0 Å². The van der Waals surface area contributed by atoms with E-state index in [9.17, 15) is 9.90 Å². The number of carboxylic acids is 1. The number of H-pyrrole nitrogens is 1. The minimum absolute atomic E-state index is 0.0443. The summed E-state index contributed by atoms with van der Waals surface area (Å²) in [7, 11) is 0. The number of aliphatic carboxylic acids is 1. The van der Waals surface area contributed by atoms with Crippen LogP contribution in [0.1, 0.15) is 11.3 Å². The number of aromatic amines is 1. The second-order valence-corrected chi connectivity index (χ2v) is 8.98. The molecule has 2 heterocycles. The molecule has 0 saturated heterocycles. The van der Waals surface area contributed by atoms with Gasteiger partial charge in [-0.1, -0.05) is 41.1 Å². The number of halogens is 1. The third-order valence-corrected chi connectivity index (χ3v) is 6.17. The quantitative estimate of drug-likeness (QED) is 0.239. The van der Waals surface area contributed by atoms with Crippen molar-refractivity contribution in [1.29, 1.82) is 0 Å². The monoisotopic (exact) mass is 469 g/mol. The Labute approximate surface area is 191 Å². The summed E-state index contributed by atoms with van der Waals surface area (Å²) < 4.78 is 5.77. The fourth-order valence-electron chi connectivity index (χ4n) is 2.58. The van der Waals surface area contributed by atoms with E-state index in [2.05, 4.69) is 15.2 Å². The molecule has 4 aromatic rings. The van der Waals surface area contributed by atoms with Gasteiger partial charge in [0.05, 0.1) is 0 Å². The molecule has 4 rings (SSSR count). The molecule has 9 heteroatoms. The van der Waals surface area contributed by atoms with Crippen molar-refractivity contribution in [3.8, 4) is 11.4 Å². The van der Waals surface area contributed by atoms with Crippen molar-refractivity contribution < 1.29 is 14.3 Å². The van der Waals surface area contributed by atoms with E-state index < -0.39 is 5.97 Å². The number of carbonyl (C=O) groups is 1. The van der Waals surface area contributed by atoms with Gasteiger partial charge in [0.2, 0.25) is 5.16 Å². The molecular weight excluding hydrogens is 454 g/mol. The Balaban J connectivity index is 1.49. The van der Waals surface area contributed by atoms with Gasteiger partial charge in [0.15, 0.2) is 10.9 Å². The summed E-state index contributed by atoms with van der Waals surface area (Å²) in [4.78, 5) is 17.2. The number of rotatable bonds is 7. The van der Waals surface area contributed by atoms with Gasteiger partial charge in [0, 0.05) is 21.6 Å². The number of thioether (sulfide) groups is 1. The average Bonchev–Trinajstić information content (AvgIpc) is 3.39. The Morgan fingerprint density at radius 1 is 1.10 bits per heavy atom. The van der Waals surface area contributed by atoms with Gasteiger partial charge in [-0.3, -0.25) is 5.10 Å².